The summed E-state index contributed by atoms with van der Waals surface area (Å²) in [5, 5.41) is 7.37. The first-order valence-electron chi connectivity index (χ1n) is 8.78. The minimum absolute atomic E-state index is 0.0564. The average molecular weight is 370 g/mol. The predicted molar refractivity (Wildman–Crippen MR) is 102 cm³/mol. The lowest BCUT2D eigenvalue weighted by Gasteiger charge is -2.31. The van der Waals surface area contributed by atoms with E-state index in [-0.39, 0.29) is 12.0 Å². The van der Waals surface area contributed by atoms with Crippen LogP contribution in [0.2, 0.25) is 0 Å². The quantitative estimate of drug-likeness (QED) is 0.710. The zero-order valence-corrected chi connectivity index (χ0v) is 16.0. The molecule has 136 valence electrons. The van der Waals surface area contributed by atoms with Crippen molar-refractivity contribution in [3.05, 3.63) is 34.8 Å². The van der Waals surface area contributed by atoms with E-state index in [1.807, 2.05) is 42.5 Å². The Morgan fingerprint density at radius 2 is 2.12 bits per heavy atom. The Kier molecular flexibility index (Phi) is 4.50. The number of thiophene rings is 1. The monoisotopic (exact) mass is 370 g/mol. The fraction of sp³-hybridized carbons (Fsp3) is 0.421. The van der Waals surface area contributed by atoms with Crippen LogP contribution in [0.25, 0.3) is 21.6 Å². The standard InChI is InChI=1S/C19H22N4O2S/c1-12-17-14(19(24)23-8-6-13(25-3)7-9-23)11-15(16-5-4-10-26-16)20-18(17)22(2)21-12/h4-5,10-11,13H,6-9H2,1-3H3. The third-order valence-corrected chi connectivity index (χ3v) is 5.93. The molecule has 0 saturated carbocycles. The first kappa shape index (κ1) is 17.2. The summed E-state index contributed by atoms with van der Waals surface area (Å²) < 4.78 is 7.19. The van der Waals surface area contributed by atoms with Crippen LogP contribution in [0.5, 0.6) is 0 Å². The third-order valence-electron chi connectivity index (χ3n) is 5.04. The van der Waals surface area contributed by atoms with Crippen molar-refractivity contribution in [2.45, 2.75) is 25.9 Å². The summed E-state index contributed by atoms with van der Waals surface area (Å²) in [6.07, 6.45) is 2.00. The summed E-state index contributed by atoms with van der Waals surface area (Å²) in [7, 11) is 3.61. The molecular weight excluding hydrogens is 348 g/mol. The van der Waals surface area contributed by atoms with Crippen molar-refractivity contribution in [1.82, 2.24) is 19.7 Å². The lowest BCUT2D eigenvalue weighted by molar-refractivity contribution is 0.0352. The Morgan fingerprint density at radius 1 is 1.35 bits per heavy atom. The minimum Gasteiger partial charge on any atom is -0.381 e. The average Bonchev–Trinajstić information content (AvgIpc) is 3.29. The van der Waals surface area contributed by atoms with Crippen LogP contribution in [-0.2, 0) is 11.8 Å². The number of methoxy groups -OCH3 is 1. The first-order valence-corrected chi connectivity index (χ1v) is 9.66. The van der Waals surface area contributed by atoms with Crippen LogP contribution < -0.4 is 0 Å². The lowest BCUT2D eigenvalue weighted by atomic mass is 10.0. The van der Waals surface area contributed by atoms with E-state index in [9.17, 15) is 4.79 Å². The van der Waals surface area contributed by atoms with Gasteiger partial charge in [0.15, 0.2) is 5.65 Å². The zero-order chi connectivity index (χ0) is 18.3. The van der Waals surface area contributed by atoms with Gasteiger partial charge in [-0.15, -0.1) is 11.3 Å². The highest BCUT2D eigenvalue weighted by atomic mass is 32.1. The summed E-state index contributed by atoms with van der Waals surface area (Å²) >= 11 is 1.62. The smallest absolute Gasteiger partial charge is 0.254 e. The number of likely N-dealkylation sites (tertiary alicyclic amines) is 1. The second-order valence-corrected chi connectivity index (χ2v) is 7.61. The molecule has 26 heavy (non-hydrogen) atoms. The first-order chi connectivity index (χ1) is 12.6. The minimum atomic E-state index is 0.0564. The number of carbonyl (C=O) groups is 1. The van der Waals surface area contributed by atoms with Gasteiger partial charge in [0.2, 0.25) is 0 Å². The van der Waals surface area contributed by atoms with E-state index in [0.717, 1.165) is 53.2 Å². The number of carbonyl (C=O) groups excluding carboxylic acids is 1. The molecule has 3 aromatic heterocycles. The number of rotatable bonds is 3. The molecule has 0 unspecified atom stereocenters. The molecule has 1 aliphatic rings. The molecule has 1 amide bonds. The SMILES string of the molecule is COC1CCN(C(=O)c2cc(-c3cccs3)nc3c2c(C)nn3C)CC1. The van der Waals surface area contributed by atoms with Crippen molar-refractivity contribution in [2.24, 2.45) is 7.05 Å². The number of pyridine rings is 1. The van der Waals surface area contributed by atoms with E-state index in [1.54, 1.807) is 23.1 Å². The number of aromatic nitrogens is 3. The molecule has 0 aromatic carbocycles. The summed E-state index contributed by atoms with van der Waals surface area (Å²) in [4.78, 5) is 21.1. The Balaban J connectivity index is 1.79. The number of ether oxygens (including phenoxy) is 1. The maximum atomic E-state index is 13.3. The van der Waals surface area contributed by atoms with Gasteiger partial charge in [-0.1, -0.05) is 6.07 Å². The van der Waals surface area contributed by atoms with E-state index in [1.165, 1.54) is 0 Å². The Morgan fingerprint density at radius 3 is 2.77 bits per heavy atom. The second-order valence-electron chi connectivity index (χ2n) is 6.67. The number of piperidine rings is 1. The Bertz CT molecular complexity index is 940. The van der Waals surface area contributed by atoms with Crippen LogP contribution >= 0.6 is 11.3 Å². The molecule has 1 aliphatic heterocycles. The van der Waals surface area contributed by atoms with E-state index < -0.39 is 0 Å². The third kappa shape index (κ3) is 2.91. The summed E-state index contributed by atoms with van der Waals surface area (Å²) in [5.74, 6) is 0.0564. The molecule has 4 heterocycles. The van der Waals surface area contributed by atoms with Gasteiger partial charge in [0, 0.05) is 27.2 Å². The van der Waals surface area contributed by atoms with Crippen LogP contribution in [-0.4, -0.2) is 51.9 Å². The number of aryl methyl sites for hydroxylation is 2. The molecule has 0 radical (unpaired) electrons. The van der Waals surface area contributed by atoms with Crippen LogP contribution in [0.1, 0.15) is 28.9 Å². The molecule has 7 heteroatoms. The number of hydrogen-bond acceptors (Lipinski definition) is 5. The highest BCUT2D eigenvalue weighted by Gasteiger charge is 2.27. The van der Waals surface area contributed by atoms with Crippen molar-refractivity contribution in [3.8, 4) is 10.6 Å². The number of fused-ring (bicyclic) bond motifs is 1. The molecule has 0 atom stereocenters. The maximum absolute atomic E-state index is 13.3. The molecule has 0 bridgehead atoms. The highest BCUT2D eigenvalue weighted by molar-refractivity contribution is 7.13. The maximum Gasteiger partial charge on any atom is 0.254 e. The van der Waals surface area contributed by atoms with Gasteiger partial charge in [-0.25, -0.2) is 4.98 Å². The number of hydrogen-bond donors (Lipinski definition) is 0. The van der Waals surface area contributed by atoms with E-state index >= 15 is 0 Å². The van der Waals surface area contributed by atoms with Gasteiger partial charge in [0.1, 0.15) is 0 Å². The van der Waals surface area contributed by atoms with Gasteiger partial charge in [0.05, 0.1) is 33.3 Å². The predicted octanol–water partition coefficient (Wildman–Crippen LogP) is 3.26. The number of amides is 1. The van der Waals surface area contributed by atoms with Crippen molar-refractivity contribution < 1.29 is 9.53 Å². The summed E-state index contributed by atoms with van der Waals surface area (Å²) in [5.41, 5.74) is 3.11. The molecule has 3 aromatic rings. The lowest BCUT2D eigenvalue weighted by Crippen LogP contribution is -2.40. The zero-order valence-electron chi connectivity index (χ0n) is 15.2. The normalized spacial score (nSPS) is 15.7. The van der Waals surface area contributed by atoms with Crippen LogP contribution in [0, 0.1) is 6.92 Å². The molecule has 0 aliphatic carbocycles. The van der Waals surface area contributed by atoms with Gasteiger partial charge in [-0.3, -0.25) is 9.48 Å². The fourth-order valence-corrected chi connectivity index (χ4v) is 4.32. The number of nitrogens with zero attached hydrogens (tertiary/aromatic N) is 4. The second kappa shape index (κ2) is 6.81. The van der Waals surface area contributed by atoms with Crippen molar-refractivity contribution >= 4 is 28.3 Å². The molecule has 1 fully saturated rings. The summed E-state index contributed by atoms with van der Waals surface area (Å²) in [6, 6.07) is 5.95. The topological polar surface area (TPSA) is 60.2 Å². The molecule has 0 spiro atoms. The van der Waals surface area contributed by atoms with Gasteiger partial charge >= 0.3 is 0 Å². The Labute approximate surface area is 156 Å². The summed E-state index contributed by atoms with van der Waals surface area (Å²) in [6.45, 7) is 3.37. The van der Waals surface area contributed by atoms with Crippen molar-refractivity contribution in [3.63, 3.8) is 0 Å². The van der Waals surface area contributed by atoms with Crippen molar-refractivity contribution in [1.29, 1.82) is 0 Å². The molecular formula is C19H22N4O2S. The molecule has 0 N–H and O–H groups in total. The van der Waals surface area contributed by atoms with Crippen molar-refractivity contribution in [2.75, 3.05) is 20.2 Å². The largest absolute Gasteiger partial charge is 0.381 e. The molecule has 1 saturated heterocycles. The molecule has 6 nitrogen and oxygen atoms in total. The van der Waals surface area contributed by atoms with Gasteiger partial charge in [0.25, 0.3) is 5.91 Å². The van der Waals surface area contributed by atoms with Crippen LogP contribution in [0.3, 0.4) is 0 Å². The van der Waals surface area contributed by atoms with E-state index in [0.29, 0.717) is 5.56 Å². The van der Waals surface area contributed by atoms with Gasteiger partial charge < -0.3 is 9.64 Å². The van der Waals surface area contributed by atoms with Crippen LogP contribution in [0.4, 0.5) is 0 Å². The van der Waals surface area contributed by atoms with Gasteiger partial charge in [-0.05, 0) is 37.3 Å². The molecule has 4 rings (SSSR count). The highest BCUT2D eigenvalue weighted by Crippen LogP contribution is 2.30. The Hall–Kier alpha value is -2.25. The fourth-order valence-electron chi connectivity index (χ4n) is 3.63. The van der Waals surface area contributed by atoms with Gasteiger partial charge in [-0.2, -0.15) is 5.10 Å². The van der Waals surface area contributed by atoms with Crippen LogP contribution in [0.15, 0.2) is 23.6 Å². The van der Waals surface area contributed by atoms with E-state index in [4.69, 9.17) is 9.72 Å². The van der Waals surface area contributed by atoms with E-state index in [2.05, 4.69) is 5.10 Å².